The summed E-state index contributed by atoms with van der Waals surface area (Å²) in [6.07, 6.45) is 0. The highest BCUT2D eigenvalue weighted by molar-refractivity contribution is 5.87. The predicted molar refractivity (Wildman–Crippen MR) is 74.9 cm³/mol. The first-order valence-corrected chi connectivity index (χ1v) is 6.39. The van der Waals surface area contributed by atoms with E-state index in [0.717, 1.165) is 5.56 Å². The number of nitrogens with zero attached hydrogens (tertiary/aromatic N) is 1. The number of methoxy groups -OCH3 is 1. The zero-order valence-corrected chi connectivity index (χ0v) is 12.0. The number of hydrogen-bond acceptors (Lipinski definition) is 4. The molecule has 2 amide bonds. The molecule has 7 nitrogen and oxygen atoms in total. The van der Waals surface area contributed by atoms with Gasteiger partial charge >= 0.3 is 18.0 Å². The van der Waals surface area contributed by atoms with E-state index in [9.17, 15) is 14.4 Å². The van der Waals surface area contributed by atoms with Crippen LogP contribution in [0.1, 0.15) is 22.8 Å². The van der Waals surface area contributed by atoms with Crippen LogP contribution in [0.5, 0.6) is 0 Å². The fourth-order valence-electron chi connectivity index (χ4n) is 1.60. The molecular formula is C14H18N2O5. The Morgan fingerprint density at radius 2 is 1.86 bits per heavy atom. The molecule has 0 spiro atoms. The highest BCUT2D eigenvalue weighted by Gasteiger charge is 2.15. The number of rotatable bonds is 6. The van der Waals surface area contributed by atoms with Gasteiger partial charge in [-0.15, -0.1) is 0 Å². The Morgan fingerprint density at radius 1 is 1.24 bits per heavy atom. The van der Waals surface area contributed by atoms with Crippen molar-refractivity contribution in [2.75, 3.05) is 20.2 Å². The van der Waals surface area contributed by atoms with Gasteiger partial charge in [-0.05, 0) is 24.6 Å². The highest BCUT2D eigenvalue weighted by atomic mass is 16.5. The quantitative estimate of drug-likeness (QED) is 0.766. The van der Waals surface area contributed by atoms with Crippen LogP contribution in [-0.4, -0.2) is 48.2 Å². The molecule has 2 N–H and O–H groups in total. The Balaban J connectivity index is 2.54. The number of esters is 1. The van der Waals surface area contributed by atoms with Gasteiger partial charge in [0.1, 0.15) is 6.54 Å². The summed E-state index contributed by atoms with van der Waals surface area (Å²) < 4.78 is 4.51. The van der Waals surface area contributed by atoms with Crippen LogP contribution in [0.4, 0.5) is 4.79 Å². The van der Waals surface area contributed by atoms with Gasteiger partial charge in [-0.1, -0.05) is 12.1 Å². The topological polar surface area (TPSA) is 95.9 Å². The summed E-state index contributed by atoms with van der Waals surface area (Å²) in [5.41, 5.74) is 0.952. The van der Waals surface area contributed by atoms with E-state index in [1.165, 1.54) is 24.1 Å². The molecule has 114 valence electrons. The third-order valence-corrected chi connectivity index (χ3v) is 2.86. The number of likely N-dealkylation sites (N-methyl/N-ethyl adjacent to an activating group) is 1. The maximum absolute atomic E-state index is 11.9. The third-order valence-electron chi connectivity index (χ3n) is 2.86. The molecule has 0 saturated carbocycles. The van der Waals surface area contributed by atoms with Gasteiger partial charge in [0.2, 0.25) is 0 Å². The van der Waals surface area contributed by atoms with E-state index < -0.39 is 11.9 Å². The van der Waals surface area contributed by atoms with Crippen molar-refractivity contribution in [2.24, 2.45) is 0 Å². The van der Waals surface area contributed by atoms with Crippen molar-refractivity contribution in [2.45, 2.75) is 13.5 Å². The Hall–Kier alpha value is -2.57. The number of nitrogens with one attached hydrogen (secondary N) is 1. The van der Waals surface area contributed by atoms with Crippen molar-refractivity contribution in [1.29, 1.82) is 0 Å². The molecule has 1 aromatic carbocycles. The van der Waals surface area contributed by atoms with E-state index >= 15 is 0 Å². The predicted octanol–water partition coefficient (Wildman–Crippen LogP) is 1.09. The van der Waals surface area contributed by atoms with Crippen LogP contribution in [0.3, 0.4) is 0 Å². The minimum absolute atomic E-state index is 0.114. The molecule has 0 fully saturated rings. The summed E-state index contributed by atoms with van der Waals surface area (Å²) in [4.78, 5) is 35.1. The first kappa shape index (κ1) is 16.5. The van der Waals surface area contributed by atoms with Crippen LogP contribution in [0.15, 0.2) is 24.3 Å². The van der Waals surface area contributed by atoms with Crippen LogP contribution in [0.25, 0.3) is 0 Å². The number of ether oxygens (including phenoxy) is 1. The summed E-state index contributed by atoms with van der Waals surface area (Å²) in [7, 11) is 1.26. The molecule has 0 aliphatic heterocycles. The normalized spacial score (nSPS) is 9.81. The van der Waals surface area contributed by atoms with Crippen LogP contribution in [-0.2, 0) is 16.1 Å². The molecule has 0 radical (unpaired) electrons. The van der Waals surface area contributed by atoms with Gasteiger partial charge < -0.3 is 20.1 Å². The standard InChI is InChI=1S/C14H18N2O5/c1-3-16(9-12(17)21-2)14(20)15-8-10-4-6-11(7-5-10)13(18)19/h4-7H,3,8-9H2,1-2H3,(H,15,20)(H,18,19). The van der Waals surface area contributed by atoms with Gasteiger partial charge in [-0.25, -0.2) is 9.59 Å². The molecule has 0 unspecified atom stereocenters. The highest BCUT2D eigenvalue weighted by Crippen LogP contribution is 2.04. The van der Waals surface area contributed by atoms with E-state index in [2.05, 4.69) is 10.1 Å². The van der Waals surface area contributed by atoms with Gasteiger partial charge in [-0.3, -0.25) is 4.79 Å². The Kier molecular flexibility index (Phi) is 6.19. The van der Waals surface area contributed by atoms with Crippen LogP contribution in [0.2, 0.25) is 0 Å². The van der Waals surface area contributed by atoms with Gasteiger partial charge in [-0.2, -0.15) is 0 Å². The summed E-state index contributed by atoms with van der Waals surface area (Å²) in [6, 6.07) is 5.80. The monoisotopic (exact) mass is 294 g/mol. The summed E-state index contributed by atoms with van der Waals surface area (Å²) in [5.74, 6) is -1.49. The molecular weight excluding hydrogens is 276 g/mol. The van der Waals surface area contributed by atoms with Crippen LogP contribution < -0.4 is 5.32 Å². The molecule has 1 rings (SSSR count). The summed E-state index contributed by atoms with van der Waals surface area (Å²) in [5, 5.41) is 11.4. The average molecular weight is 294 g/mol. The van der Waals surface area contributed by atoms with Gasteiger partial charge in [0, 0.05) is 13.1 Å². The summed E-state index contributed by atoms with van der Waals surface area (Å²) in [6.45, 7) is 2.26. The van der Waals surface area contributed by atoms with Crippen molar-refractivity contribution >= 4 is 18.0 Å². The molecule has 0 aliphatic carbocycles. The lowest BCUT2D eigenvalue weighted by molar-refractivity contribution is -0.141. The van der Waals surface area contributed by atoms with Gasteiger partial charge in [0.05, 0.1) is 12.7 Å². The molecule has 21 heavy (non-hydrogen) atoms. The first-order valence-electron chi connectivity index (χ1n) is 6.39. The smallest absolute Gasteiger partial charge is 0.335 e. The average Bonchev–Trinajstić information content (AvgIpc) is 2.50. The number of carbonyl (C=O) groups is 3. The lowest BCUT2D eigenvalue weighted by atomic mass is 10.1. The zero-order valence-electron chi connectivity index (χ0n) is 12.0. The Bertz CT molecular complexity index is 513. The van der Waals surface area contributed by atoms with Crippen LogP contribution >= 0.6 is 0 Å². The SMILES string of the molecule is CCN(CC(=O)OC)C(=O)NCc1ccc(C(=O)O)cc1. The zero-order chi connectivity index (χ0) is 15.8. The second kappa shape index (κ2) is 7.88. The number of urea groups is 1. The number of benzene rings is 1. The number of carbonyl (C=O) groups excluding carboxylic acids is 2. The van der Waals surface area contributed by atoms with Crippen molar-refractivity contribution in [3.05, 3.63) is 35.4 Å². The summed E-state index contributed by atoms with van der Waals surface area (Å²) >= 11 is 0. The molecule has 7 heteroatoms. The van der Waals surface area contributed by atoms with Gasteiger partial charge in [0.15, 0.2) is 0 Å². The van der Waals surface area contributed by atoms with E-state index in [1.807, 2.05) is 0 Å². The third kappa shape index (κ3) is 5.13. The number of aromatic carboxylic acids is 1. The van der Waals surface area contributed by atoms with Gasteiger partial charge in [0.25, 0.3) is 0 Å². The van der Waals surface area contributed by atoms with E-state index in [-0.39, 0.29) is 24.7 Å². The maximum atomic E-state index is 11.9. The minimum atomic E-state index is -0.999. The molecule has 0 bridgehead atoms. The Morgan fingerprint density at radius 3 is 2.33 bits per heavy atom. The number of amides is 2. The molecule has 1 aromatic rings. The second-order valence-electron chi connectivity index (χ2n) is 4.25. The largest absolute Gasteiger partial charge is 0.478 e. The number of carboxylic acid groups (broad SMARTS) is 1. The lowest BCUT2D eigenvalue weighted by Crippen LogP contribution is -2.42. The molecule has 0 atom stereocenters. The lowest BCUT2D eigenvalue weighted by Gasteiger charge is -2.20. The van der Waals surface area contributed by atoms with Crippen molar-refractivity contribution < 1.29 is 24.2 Å². The minimum Gasteiger partial charge on any atom is -0.478 e. The van der Waals surface area contributed by atoms with Crippen molar-refractivity contribution in [1.82, 2.24) is 10.2 Å². The fourth-order valence-corrected chi connectivity index (χ4v) is 1.60. The van der Waals surface area contributed by atoms with E-state index in [1.54, 1.807) is 19.1 Å². The molecule has 0 aliphatic rings. The molecule has 0 aromatic heterocycles. The number of carboxylic acids is 1. The van der Waals surface area contributed by atoms with Crippen molar-refractivity contribution in [3.63, 3.8) is 0 Å². The number of hydrogen-bond donors (Lipinski definition) is 2. The Labute approximate surface area is 122 Å². The van der Waals surface area contributed by atoms with E-state index in [0.29, 0.717) is 6.54 Å². The van der Waals surface area contributed by atoms with E-state index in [4.69, 9.17) is 5.11 Å². The molecule has 0 heterocycles. The van der Waals surface area contributed by atoms with Crippen molar-refractivity contribution in [3.8, 4) is 0 Å². The molecule has 0 saturated heterocycles. The maximum Gasteiger partial charge on any atom is 0.335 e. The second-order valence-corrected chi connectivity index (χ2v) is 4.25. The fraction of sp³-hybridized carbons (Fsp3) is 0.357. The van der Waals surface area contributed by atoms with Crippen LogP contribution in [0, 0.1) is 0 Å². The first-order chi connectivity index (χ1) is 9.97.